The lowest BCUT2D eigenvalue weighted by Gasteiger charge is -2.17. The van der Waals surface area contributed by atoms with Crippen LogP contribution in [-0.4, -0.2) is 21.3 Å². The van der Waals surface area contributed by atoms with E-state index in [2.05, 4.69) is 25.8 Å². The van der Waals surface area contributed by atoms with E-state index in [1.807, 2.05) is 43.4 Å². The fourth-order valence-corrected chi connectivity index (χ4v) is 2.99. The maximum absolute atomic E-state index is 12.2. The quantitative estimate of drug-likeness (QED) is 0.679. The van der Waals surface area contributed by atoms with E-state index < -0.39 is 0 Å². The second-order valence-corrected chi connectivity index (χ2v) is 6.75. The number of nitrogens with zero attached hydrogens (tertiary/aromatic N) is 3. The predicted octanol–water partition coefficient (Wildman–Crippen LogP) is 3.74. The molecule has 0 unspecified atom stereocenters. The Hall–Kier alpha value is -1.69. The number of fused-ring (bicyclic) bond motifs is 1. The van der Waals surface area contributed by atoms with Crippen molar-refractivity contribution in [2.75, 3.05) is 7.05 Å². The summed E-state index contributed by atoms with van der Waals surface area (Å²) in [5.74, 6) is 0. The second kappa shape index (κ2) is 6.83. The van der Waals surface area contributed by atoms with E-state index in [4.69, 9.17) is 11.6 Å². The average molecular weight is 393 g/mol. The standard InChI is InChI=1S/C17H15BrClN3O/c1-21(9-12-4-2-3-5-15(12)19)11-14-8-17(23)22-10-13(18)6-7-16(22)20-14/h2-8,10H,9,11H2,1H3. The van der Waals surface area contributed by atoms with Gasteiger partial charge in [0.15, 0.2) is 0 Å². The summed E-state index contributed by atoms with van der Waals surface area (Å²) in [5.41, 5.74) is 2.35. The highest BCUT2D eigenvalue weighted by molar-refractivity contribution is 9.10. The van der Waals surface area contributed by atoms with E-state index in [0.717, 1.165) is 20.8 Å². The first-order chi connectivity index (χ1) is 11.0. The lowest BCUT2D eigenvalue weighted by Crippen LogP contribution is -2.22. The van der Waals surface area contributed by atoms with E-state index in [-0.39, 0.29) is 5.56 Å². The van der Waals surface area contributed by atoms with Gasteiger partial charge in [-0.2, -0.15) is 0 Å². The van der Waals surface area contributed by atoms with Crippen LogP contribution in [0, 0.1) is 0 Å². The summed E-state index contributed by atoms with van der Waals surface area (Å²) >= 11 is 9.55. The lowest BCUT2D eigenvalue weighted by molar-refractivity contribution is 0.315. The van der Waals surface area contributed by atoms with Crippen molar-refractivity contribution < 1.29 is 0 Å². The first kappa shape index (κ1) is 16.2. The van der Waals surface area contributed by atoms with Gasteiger partial charge in [0.25, 0.3) is 5.56 Å². The Kier molecular flexibility index (Phi) is 4.80. The maximum atomic E-state index is 12.2. The van der Waals surface area contributed by atoms with Crippen LogP contribution in [0.15, 0.2) is 57.9 Å². The third kappa shape index (κ3) is 3.80. The molecule has 0 saturated carbocycles. The molecule has 3 rings (SSSR count). The lowest BCUT2D eigenvalue weighted by atomic mass is 10.2. The van der Waals surface area contributed by atoms with Crippen LogP contribution in [0.25, 0.3) is 5.65 Å². The monoisotopic (exact) mass is 391 g/mol. The summed E-state index contributed by atoms with van der Waals surface area (Å²) in [6.07, 6.45) is 1.72. The maximum Gasteiger partial charge on any atom is 0.258 e. The van der Waals surface area contributed by atoms with Gasteiger partial charge in [0.2, 0.25) is 0 Å². The Morgan fingerprint density at radius 1 is 1.22 bits per heavy atom. The molecule has 0 aliphatic rings. The minimum atomic E-state index is -0.0857. The van der Waals surface area contributed by atoms with Gasteiger partial charge >= 0.3 is 0 Å². The topological polar surface area (TPSA) is 37.6 Å². The molecular weight excluding hydrogens is 378 g/mol. The molecule has 0 spiro atoms. The van der Waals surface area contributed by atoms with Gasteiger partial charge in [-0.05, 0) is 46.7 Å². The van der Waals surface area contributed by atoms with Gasteiger partial charge in [-0.3, -0.25) is 14.1 Å². The third-order valence-electron chi connectivity index (χ3n) is 3.51. The Labute approximate surface area is 147 Å². The zero-order valence-electron chi connectivity index (χ0n) is 12.5. The van der Waals surface area contributed by atoms with Gasteiger partial charge in [-0.15, -0.1) is 0 Å². The largest absolute Gasteiger partial charge is 0.296 e. The second-order valence-electron chi connectivity index (χ2n) is 5.42. The molecule has 0 N–H and O–H groups in total. The third-order valence-corrected chi connectivity index (χ3v) is 4.34. The molecule has 2 heterocycles. The first-order valence-electron chi connectivity index (χ1n) is 7.13. The minimum Gasteiger partial charge on any atom is -0.296 e. The zero-order chi connectivity index (χ0) is 16.4. The average Bonchev–Trinajstić information content (AvgIpc) is 2.50. The van der Waals surface area contributed by atoms with E-state index in [0.29, 0.717) is 18.7 Å². The van der Waals surface area contributed by atoms with Crippen molar-refractivity contribution in [3.8, 4) is 0 Å². The fourth-order valence-electron chi connectivity index (χ4n) is 2.46. The molecule has 6 heteroatoms. The van der Waals surface area contributed by atoms with Gasteiger partial charge in [-0.1, -0.05) is 29.8 Å². The van der Waals surface area contributed by atoms with Gasteiger partial charge < -0.3 is 0 Å². The van der Waals surface area contributed by atoms with E-state index in [1.54, 1.807) is 12.3 Å². The molecule has 0 aliphatic heterocycles. The van der Waals surface area contributed by atoms with Gasteiger partial charge in [0, 0.05) is 34.8 Å². The summed E-state index contributed by atoms with van der Waals surface area (Å²) in [7, 11) is 1.98. The van der Waals surface area contributed by atoms with Crippen molar-refractivity contribution in [2.45, 2.75) is 13.1 Å². The molecule has 118 valence electrons. The summed E-state index contributed by atoms with van der Waals surface area (Å²) in [4.78, 5) is 18.8. The molecular formula is C17H15BrClN3O. The van der Waals surface area contributed by atoms with Gasteiger partial charge in [0.05, 0.1) is 5.69 Å². The molecule has 0 fully saturated rings. The number of aromatic nitrogens is 2. The van der Waals surface area contributed by atoms with E-state index >= 15 is 0 Å². The molecule has 23 heavy (non-hydrogen) atoms. The van der Waals surface area contributed by atoms with Crippen LogP contribution in [0.5, 0.6) is 0 Å². The van der Waals surface area contributed by atoms with Crippen molar-refractivity contribution in [3.63, 3.8) is 0 Å². The molecule has 0 atom stereocenters. The van der Waals surface area contributed by atoms with Crippen LogP contribution in [0.1, 0.15) is 11.3 Å². The number of rotatable bonds is 4. The van der Waals surface area contributed by atoms with Crippen molar-refractivity contribution in [3.05, 3.63) is 79.8 Å². The molecule has 1 aromatic carbocycles. The van der Waals surface area contributed by atoms with Crippen LogP contribution < -0.4 is 5.56 Å². The Bertz CT molecular complexity index is 910. The number of benzene rings is 1. The van der Waals surface area contributed by atoms with Crippen LogP contribution in [-0.2, 0) is 13.1 Å². The highest BCUT2D eigenvalue weighted by atomic mass is 79.9. The molecule has 4 nitrogen and oxygen atoms in total. The number of halogens is 2. The van der Waals surface area contributed by atoms with Crippen molar-refractivity contribution in [1.29, 1.82) is 0 Å². The van der Waals surface area contributed by atoms with Crippen molar-refractivity contribution in [2.24, 2.45) is 0 Å². The smallest absolute Gasteiger partial charge is 0.258 e. The summed E-state index contributed by atoms with van der Waals surface area (Å²) in [5, 5.41) is 0.746. The molecule has 0 amide bonds. The predicted molar refractivity (Wildman–Crippen MR) is 95.8 cm³/mol. The summed E-state index contributed by atoms with van der Waals surface area (Å²) < 4.78 is 2.37. The minimum absolute atomic E-state index is 0.0857. The number of pyridine rings is 1. The fraction of sp³-hybridized carbons (Fsp3) is 0.176. The molecule has 3 aromatic rings. The van der Waals surface area contributed by atoms with Crippen molar-refractivity contribution in [1.82, 2.24) is 14.3 Å². The highest BCUT2D eigenvalue weighted by Crippen LogP contribution is 2.17. The normalized spacial score (nSPS) is 11.3. The van der Waals surface area contributed by atoms with Crippen LogP contribution in [0.4, 0.5) is 0 Å². The summed E-state index contributed by atoms with van der Waals surface area (Å²) in [6, 6.07) is 13.0. The molecule has 0 bridgehead atoms. The Balaban J connectivity index is 1.82. The van der Waals surface area contributed by atoms with Crippen LogP contribution >= 0.6 is 27.5 Å². The first-order valence-corrected chi connectivity index (χ1v) is 8.30. The molecule has 0 aliphatic carbocycles. The Morgan fingerprint density at radius 2 is 2.00 bits per heavy atom. The van der Waals surface area contributed by atoms with Crippen LogP contribution in [0.2, 0.25) is 5.02 Å². The number of hydrogen-bond donors (Lipinski definition) is 0. The molecule has 0 saturated heterocycles. The van der Waals surface area contributed by atoms with Crippen LogP contribution in [0.3, 0.4) is 0 Å². The number of hydrogen-bond acceptors (Lipinski definition) is 3. The van der Waals surface area contributed by atoms with E-state index in [9.17, 15) is 4.79 Å². The molecule has 2 aromatic heterocycles. The summed E-state index contributed by atoms with van der Waals surface area (Å²) in [6.45, 7) is 1.27. The van der Waals surface area contributed by atoms with Crippen molar-refractivity contribution >= 4 is 33.2 Å². The SMILES string of the molecule is CN(Cc1cc(=O)n2cc(Br)ccc2n1)Cc1ccccc1Cl. The van der Waals surface area contributed by atoms with Gasteiger partial charge in [0.1, 0.15) is 5.65 Å². The zero-order valence-corrected chi connectivity index (χ0v) is 14.9. The van der Waals surface area contributed by atoms with Gasteiger partial charge in [-0.25, -0.2) is 4.98 Å². The van der Waals surface area contributed by atoms with E-state index in [1.165, 1.54) is 4.40 Å². The highest BCUT2D eigenvalue weighted by Gasteiger charge is 2.08. The Morgan fingerprint density at radius 3 is 2.78 bits per heavy atom. The molecule has 0 radical (unpaired) electrons.